The molecule has 4 nitrogen and oxygen atoms in total. The molecule has 3 aromatic rings. The van der Waals surface area contributed by atoms with Crippen LogP contribution in [-0.2, 0) is 13.1 Å². The van der Waals surface area contributed by atoms with Gasteiger partial charge in [0.05, 0.1) is 10.6 Å². The van der Waals surface area contributed by atoms with E-state index < -0.39 is 0 Å². The van der Waals surface area contributed by atoms with Crippen molar-refractivity contribution in [2.24, 2.45) is 5.92 Å². The zero-order valence-electron chi connectivity index (χ0n) is 15.5. The van der Waals surface area contributed by atoms with Crippen molar-refractivity contribution in [2.75, 3.05) is 7.05 Å². The molecule has 0 spiro atoms. The lowest BCUT2D eigenvalue weighted by atomic mass is 10.1. The van der Waals surface area contributed by atoms with Crippen molar-refractivity contribution in [1.29, 1.82) is 0 Å². The van der Waals surface area contributed by atoms with Crippen LogP contribution in [0.5, 0.6) is 0 Å². The van der Waals surface area contributed by atoms with Crippen LogP contribution in [0, 0.1) is 19.8 Å². The highest BCUT2D eigenvalue weighted by Crippen LogP contribution is 2.29. The maximum atomic E-state index is 12.8. The highest BCUT2D eigenvalue weighted by Gasteiger charge is 2.19. The lowest BCUT2D eigenvalue weighted by molar-refractivity contribution is 0.0790. The molecular weight excluding hydrogens is 330 g/mol. The van der Waals surface area contributed by atoms with Crippen LogP contribution in [0.1, 0.15) is 40.3 Å². The van der Waals surface area contributed by atoms with Gasteiger partial charge in [0.15, 0.2) is 0 Å². The molecule has 1 aromatic carbocycles. The van der Waals surface area contributed by atoms with E-state index in [-0.39, 0.29) is 5.91 Å². The van der Waals surface area contributed by atoms with E-state index in [9.17, 15) is 4.79 Å². The Bertz CT molecular complexity index is 890. The summed E-state index contributed by atoms with van der Waals surface area (Å²) in [5.74, 6) is 0.588. The van der Waals surface area contributed by atoms with Crippen LogP contribution in [0.25, 0.3) is 10.2 Å². The van der Waals surface area contributed by atoms with Crippen LogP contribution in [0.15, 0.2) is 30.3 Å². The Morgan fingerprint density at radius 1 is 1.24 bits per heavy atom. The Morgan fingerprint density at radius 3 is 2.56 bits per heavy atom. The smallest absolute Gasteiger partial charge is 0.264 e. The molecule has 2 heterocycles. The number of rotatable bonds is 5. The maximum Gasteiger partial charge on any atom is 0.264 e. The predicted molar refractivity (Wildman–Crippen MR) is 104 cm³/mol. The molecule has 0 N–H and O–H groups in total. The normalized spacial score (nSPS) is 11.4. The van der Waals surface area contributed by atoms with Crippen LogP contribution in [0.4, 0.5) is 0 Å². The number of nitrogens with zero attached hydrogens (tertiary/aromatic N) is 3. The number of aryl methyl sites for hydroxylation is 2. The van der Waals surface area contributed by atoms with Gasteiger partial charge in [0.2, 0.25) is 0 Å². The first-order chi connectivity index (χ1) is 11.8. The first-order valence-corrected chi connectivity index (χ1v) is 9.44. The third-order valence-electron chi connectivity index (χ3n) is 4.24. The van der Waals surface area contributed by atoms with Crippen molar-refractivity contribution in [3.05, 3.63) is 52.0 Å². The van der Waals surface area contributed by atoms with E-state index in [0.717, 1.165) is 32.9 Å². The minimum Gasteiger partial charge on any atom is -0.337 e. The number of carbonyl (C=O) groups excluding carboxylic acids is 1. The number of benzene rings is 1. The molecule has 0 saturated heterocycles. The van der Waals surface area contributed by atoms with Gasteiger partial charge in [0, 0.05) is 25.5 Å². The summed E-state index contributed by atoms with van der Waals surface area (Å²) in [4.78, 5) is 16.5. The standard InChI is InChI=1S/C20H25N3OS/c1-13(2)11-23-20-17(15(4)21-23)10-18(25-20)19(24)22(5)12-16-8-6-14(3)7-9-16/h6-10,13H,11-12H2,1-5H3. The number of carbonyl (C=O) groups is 1. The molecule has 0 radical (unpaired) electrons. The molecule has 0 aliphatic heterocycles. The average molecular weight is 356 g/mol. The fourth-order valence-corrected chi connectivity index (χ4v) is 4.08. The van der Waals surface area contributed by atoms with Gasteiger partial charge in [0.1, 0.15) is 4.83 Å². The topological polar surface area (TPSA) is 38.1 Å². The average Bonchev–Trinajstić information content (AvgIpc) is 3.10. The monoisotopic (exact) mass is 355 g/mol. The van der Waals surface area contributed by atoms with Gasteiger partial charge in [0.25, 0.3) is 5.91 Å². The zero-order chi connectivity index (χ0) is 18.1. The highest BCUT2D eigenvalue weighted by molar-refractivity contribution is 7.20. The minimum atomic E-state index is 0.0669. The number of amides is 1. The van der Waals surface area contributed by atoms with Crippen LogP contribution < -0.4 is 0 Å². The minimum absolute atomic E-state index is 0.0669. The number of fused-ring (bicyclic) bond motifs is 1. The van der Waals surface area contributed by atoms with Gasteiger partial charge < -0.3 is 4.90 Å². The van der Waals surface area contributed by atoms with Gasteiger partial charge in [-0.3, -0.25) is 9.48 Å². The molecule has 25 heavy (non-hydrogen) atoms. The summed E-state index contributed by atoms with van der Waals surface area (Å²) in [6.07, 6.45) is 0. The molecule has 3 rings (SSSR count). The zero-order valence-corrected chi connectivity index (χ0v) is 16.4. The second kappa shape index (κ2) is 7.00. The van der Waals surface area contributed by atoms with E-state index in [1.807, 2.05) is 24.7 Å². The molecule has 0 saturated carbocycles. The molecule has 0 atom stereocenters. The lowest BCUT2D eigenvalue weighted by Gasteiger charge is -2.16. The van der Waals surface area contributed by atoms with Crippen molar-refractivity contribution < 1.29 is 4.79 Å². The summed E-state index contributed by atoms with van der Waals surface area (Å²) in [7, 11) is 1.86. The van der Waals surface area contributed by atoms with E-state index in [0.29, 0.717) is 12.5 Å². The summed E-state index contributed by atoms with van der Waals surface area (Å²) in [5.41, 5.74) is 3.37. The fourth-order valence-electron chi connectivity index (χ4n) is 2.91. The third kappa shape index (κ3) is 3.76. The van der Waals surface area contributed by atoms with Crippen LogP contribution in [0.3, 0.4) is 0 Å². The third-order valence-corrected chi connectivity index (χ3v) is 5.38. The van der Waals surface area contributed by atoms with Crippen LogP contribution >= 0.6 is 11.3 Å². The van der Waals surface area contributed by atoms with Crippen LogP contribution in [0.2, 0.25) is 0 Å². The molecule has 5 heteroatoms. The van der Waals surface area contributed by atoms with Crippen molar-refractivity contribution in [2.45, 2.75) is 40.8 Å². The molecule has 0 fully saturated rings. The largest absolute Gasteiger partial charge is 0.337 e. The molecule has 2 aromatic heterocycles. The molecule has 1 amide bonds. The Labute approximate surface area is 153 Å². The maximum absolute atomic E-state index is 12.8. The highest BCUT2D eigenvalue weighted by atomic mass is 32.1. The van der Waals surface area contributed by atoms with E-state index in [2.05, 4.69) is 50.1 Å². The fraction of sp³-hybridized carbons (Fsp3) is 0.400. The van der Waals surface area contributed by atoms with E-state index in [1.165, 1.54) is 5.56 Å². The van der Waals surface area contributed by atoms with Gasteiger partial charge in [-0.15, -0.1) is 11.3 Å². The van der Waals surface area contributed by atoms with Gasteiger partial charge in [-0.25, -0.2) is 0 Å². The number of hydrogen-bond donors (Lipinski definition) is 0. The quantitative estimate of drug-likeness (QED) is 0.668. The van der Waals surface area contributed by atoms with Crippen molar-refractivity contribution >= 4 is 27.5 Å². The summed E-state index contributed by atoms with van der Waals surface area (Å²) in [6.45, 7) is 9.92. The number of hydrogen-bond acceptors (Lipinski definition) is 3. The van der Waals surface area contributed by atoms with Crippen molar-refractivity contribution in [3.63, 3.8) is 0 Å². The number of thiophene rings is 1. The van der Waals surface area contributed by atoms with Gasteiger partial charge in [-0.2, -0.15) is 5.10 Å². The van der Waals surface area contributed by atoms with E-state index in [1.54, 1.807) is 16.2 Å². The Balaban J connectivity index is 1.82. The van der Waals surface area contributed by atoms with Gasteiger partial charge in [-0.05, 0) is 31.4 Å². The Morgan fingerprint density at radius 2 is 1.92 bits per heavy atom. The van der Waals surface area contributed by atoms with E-state index >= 15 is 0 Å². The summed E-state index contributed by atoms with van der Waals surface area (Å²) < 4.78 is 2.04. The van der Waals surface area contributed by atoms with E-state index in [4.69, 9.17) is 0 Å². The molecule has 0 aliphatic carbocycles. The van der Waals surface area contributed by atoms with Gasteiger partial charge in [-0.1, -0.05) is 43.7 Å². The molecular formula is C20H25N3OS. The SMILES string of the molecule is Cc1ccc(CN(C)C(=O)c2cc3c(C)nn(CC(C)C)c3s2)cc1. The first kappa shape index (κ1) is 17.7. The molecule has 0 bridgehead atoms. The molecule has 0 aliphatic rings. The second-order valence-electron chi connectivity index (χ2n) is 7.14. The lowest BCUT2D eigenvalue weighted by Crippen LogP contribution is -2.25. The molecule has 0 unspecified atom stereocenters. The van der Waals surface area contributed by atoms with Crippen molar-refractivity contribution in [3.8, 4) is 0 Å². The summed E-state index contributed by atoms with van der Waals surface area (Å²) in [6, 6.07) is 10.3. The Kier molecular flexibility index (Phi) is 4.95. The Hall–Kier alpha value is -2.14. The molecule has 132 valence electrons. The number of aromatic nitrogens is 2. The first-order valence-electron chi connectivity index (χ1n) is 8.63. The van der Waals surface area contributed by atoms with Crippen molar-refractivity contribution in [1.82, 2.24) is 14.7 Å². The van der Waals surface area contributed by atoms with Gasteiger partial charge >= 0.3 is 0 Å². The summed E-state index contributed by atoms with van der Waals surface area (Å²) >= 11 is 1.55. The second-order valence-corrected chi connectivity index (χ2v) is 8.17. The van der Waals surface area contributed by atoms with Crippen LogP contribution in [-0.4, -0.2) is 27.6 Å². The predicted octanol–water partition coefficient (Wildman–Crippen LogP) is 4.64. The summed E-state index contributed by atoms with van der Waals surface area (Å²) in [5, 5.41) is 5.71.